The summed E-state index contributed by atoms with van der Waals surface area (Å²) in [4.78, 5) is 27.2. The van der Waals surface area contributed by atoms with E-state index in [0.29, 0.717) is 11.1 Å². The molecule has 0 bridgehead atoms. The molecule has 2 amide bonds. The fraction of sp³-hybridized carbons (Fsp3) is 0.310. The van der Waals surface area contributed by atoms with Crippen molar-refractivity contribution in [2.24, 2.45) is 5.41 Å². The first-order valence-corrected chi connectivity index (χ1v) is 11.5. The zero-order valence-corrected chi connectivity index (χ0v) is 20.5. The van der Waals surface area contributed by atoms with Crippen molar-refractivity contribution in [3.63, 3.8) is 0 Å². The summed E-state index contributed by atoms with van der Waals surface area (Å²) >= 11 is 0. The van der Waals surface area contributed by atoms with Crippen molar-refractivity contribution in [1.29, 1.82) is 0 Å². The molecule has 0 fully saturated rings. The van der Waals surface area contributed by atoms with Gasteiger partial charge in [-0.05, 0) is 61.1 Å². The van der Waals surface area contributed by atoms with Gasteiger partial charge >= 0.3 is 0 Å². The van der Waals surface area contributed by atoms with Gasteiger partial charge in [0.05, 0.1) is 6.04 Å². The van der Waals surface area contributed by atoms with E-state index in [4.69, 9.17) is 0 Å². The van der Waals surface area contributed by atoms with Crippen LogP contribution in [-0.4, -0.2) is 16.8 Å². The van der Waals surface area contributed by atoms with E-state index < -0.39 is 0 Å². The quantitative estimate of drug-likeness (QED) is 0.462. The number of hydrogen-bond donors (Lipinski definition) is 1. The third-order valence-electron chi connectivity index (χ3n) is 5.73. The summed E-state index contributed by atoms with van der Waals surface area (Å²) in [5, 5.41) is 1.51. The molecule has 1 atom stereocenters. The standard InChI is InChI=1S/C29H34N2O2/c1-7-22-13-15-24(16-14-22)27(32)30-31(28(33)25-18-20(2)17-21(3)19-25)26(29(4,5)6)23-11-9-8-10-12-23/h8-19,26H,7H2,1-6H3,(H,30,32). The monoisotopic (exact) mass is 442 g/mol. The number of hydrazine groups is 1. The Morgan fingerprint density at radius 2 is 1.42 bits per heavy atom. The SMILES string of the molecule is CCc1ccc(C(=O)NN(C(=O)c2cc(C)cc(C)c2)C(c2ccccc2)C(C)(C)C)cc1. The first kappa shape index (κ1) is 24.2. The lowest BCUT2D eigenvalue weighted by atomic mass is 9.81. The molecule has 3 rings (SSSR count). The minimum absolute atomic E-state index is 0.232. The van der Waals surface area contributed by atoms with Gasteiger partial charge in [-0.15, -0.1) is 0 Å². The van der Waals surface area contributed by atoms with Gasteiger partial charge in [-0.2, -0.15) is 0 Å². The predicted octanol–water partition coefficient (Wildman–Crippen LogP) is 6.44. The van der Waals surface area contributed by atoms with Crippen LogP contribution >= 0.6 is 0 Å². The van der Waals surface area contributed by atoms with Crippen LogP contribution in [0, 0.1) is 19.3 Å². The molecule has 3 aromatic carbocycles. The van der Waals surface area contributed by atoms with E-state index in [1.54, 1.807) is 0 Å². The number of nitrogens with zero attached hydrogens (tertiary/aromatic N) is 1. The van der Waals surface area contributed by atoms with Gasteiger partial charge in [-0.1, -0.05) is 87.4 Å². The molecule has 0 aliphatic rings. The Balaban J connectivity index is 2.07. The van der Waals surface area contributed by atoms with E-state index in [2.05, 4.69) is 33.1 Å². The zero-order valence-electron chi connectivity index (χ0n) is 20.5. The smallest absolute Gasteiger partial charge is 0.267 e. The van der Waals surface area contributed by atoms with Gasteiger partial charge in [-0.3, -0.25) is 15.0 Å². The maximum atomic E-state index is 13.9. The Hall–Kier alpha value is -3.40. The Morgan fingerprint density at radius 3 is 1.94 bits per heavy atom. The average molecular weight is 443 g/mol. The van der Waals surface area contributed by atoms with Crippen molar-refractivity contribution in [2.75, 3.05) is 0 Å². The number of amides is 2. The van der Waals surface area contributed by atoms with Crippen LogP contribution in [0.5, 0.6) is 0 Å². The van der Waals surface area contributed by atoms with E-state index in [9.17, 15) is 9.59 Å². The number of aryl methyl sites for hydroxylation is 3. The van der Waals surface area contributed by atoms with Gasteiger partial charge < -0.3 is 0 Å². The number of benzene rings is 3. The molecule has 0 saturated carbocycles. The third kappa shape index (κ3) is 5.89. The molecule has 4 heteroatoms. The molecule has 1 unspecified atom stereocenters. The van der Waals surface area contributed by atoms with Crippen molar-refractivity contribution < 1.29 is 9.59 Å². The van der Waals surface area contributed by atoms with E-state index in [1.807, 2.05) is 86.6 Å². The zero-order chi connectivity index (χ0) is 24.2. The lowest BCUT2D eigenvalue weighted by Crippen LogP contribution is -2.51. The molecular formula is C29H34N2O2. The third-order valence-corrected chi connectivity index (χ3v) is 5.73. The average Bonchev–Trinajstić information content (AvgIpc) is 2.77. The summed E-state index contributed by atoms with van der Waals surface area (Å²) in [6.07, 6.45) is 0.902. The Kier molecular flexibility index (Phi) is 7.37. The fourth-order valence-electron chi connectivity index (χ4n) is 4.21. The van der Waals surface area contributed by atoms with E-state index in [1.165, 1.54) is 5.01 Å². The Labute approximate surface area is 197 Å². The second kappa shape index (κ2) is 10.0. The highest BCUT2D eigenvalue weighted by Crippen LogP contribution is 2.38. The fourth-order valence-corrected chi connectivity index (χ4v) is 4.21. The molecular weight excluding hydrogens is 408 g/mol. The largest absolute Gasteiger partial charge is 0.272 e. The van der Waals surface area contributed by atoms with Gasteiger partial charge in [0.15, 0.2) is 0 Å². The molecule has 1 N–H and O–H groups in total. The molecule has 0 heterocycles. The lowest BCUT2D eigenvalue weighted by Gasteiger charge is -2.40. The first-order valence-electron chi connectivity index (χ1n) is 11.5. The molecule has 0 radical (unpaired) electrons. The highest BCUT2D eigenvalue weighted by molar-refractivity contribution is 5.99. The van der Waals surface area contributed by atoms with Crippen LogP contribution in [0.4, 0.5) is 0 Å². The predicted molar refractivity (Wildman–Crippen MR) is 134 cm³/mol. The molecule has 3 aromatic rings. The van der Waals surface area contributed by atoms with Crippen LogP contribution in [0.2, 0.25) is 0 Å². The highest BCUT2D eigenvalue weighted by atomic mass is 16.2. The maximum Gasteiger partial charge on any atom is 0.272 e. The summed E-state index contributed by atoms with van der Waals surface area (Å²) in [5.74, 6) is -0.537. The van der Waals surface area contributed by atoms with Crippen LogP contribution in [0.3, 0.4) is 0 Å². The first-order chi connectivity index (χ1) is 15.6. The molecule has 172 valence electrons. The molecule has 33 heavy (non-hydrogen) atoms. The van der Waals surface area contributed by atoms with E-state index >= 15 is 0 Å². The van der Waals surface area contributed by atoms with Crippen molar-refractivity contribution in [1.82, 2.24) is 10.4 Å². The second-order valence-electron chi connectivity index (χ2n) is 9.72. The molecule has 0 spiro atoms. The highest BCUT2D eigenvalue weighted by Gasteiger charge is 2.36. The summed E-state index contributed by atoms with van der Waals surface area (Å²) in [5.41, 5.74) is 7.83. The maximum absolute atomic E-state index is 13.9. The Bertz CT molecular complexity index is 1090. The van der Waals surface area contributed by atoms with Crippen molar-refractivity contribution in [3.8, 4) is 0 Å². The number of carbonyl (C=O) groups excluding carboxylic acids is 2. The van der Waals surface area contributed by atoms with Crippen molar-refractivity contribution >= 4 is 11.8 Å². The number of carbonyl (C=O) groups is 2. The summed E-state index contributed by atoms with van der Waals surface area (Å²) in [7, 11) is 0. The molecule has 0 saturated heterocycles. The summed E-state index contributed by atoms with van der Waals surface area (Å²) < 4.78 is 0. The van der Waals surface area contributed by atoms with Crippen LogP contribution in [0.1, 0.15) is 76.7 Å². The van der Waals surface area contributed by atoms with Gasteiger partial charge in [0, 0.05) is 11.1 Å². The Morgan fingerprint density at radius 1 is 0.848 bits per heavy atom. The topological polar surface area (TPSA) is 49.4 Å². The summed E-state index contributed by atoms with van der Waals surface area (Å²) in [6, 6.07) is 22.8. The molecule has 4 nitrogen and oxygen atoms in total. The summed E-state index contributed by atoms with van der Waals surface area (Å²) in [6.45, 7) is 12.3. The van der Waals surface area contributed by atoms with Crippen LogP contribution in [0.15, 0.2) is 72.8 Å². The molecule has 0 aliphatic heterocycles. The van der Waals surface area contributed by atoms with Crippen LogP contribution < -0.4 is 5.43 Å². The minimum atomic E-state index is -0.370. The minimum Gasteiger partial charge on any atom is -0.267 e. The second-order valence-corrected chi connectivity index (χ2v) is 9.72. The van der Waals surface area contributed by atoms with Gasteiger partial charge in [-0.25, -0.2) is 5.01 Å². The van der Waals surface area contributed by atoms with Crippen molar-refractivity contribution in [2.45, 2.75) is 54.0 Å². The van der Waals surface area contributed by atoms with Crippen LogP contribution in [-0.2, 0) is 6.42 Å². The molecule has 0 aromatic heterocycles. The number of nitrogens with one attached hydrogen (secondary N) is 1. The van der Waals surface area contributed by atoms with Gasteiger partial charge in [0.2, 0.25) is 0 Å². The van der Waals surface area contributed by atoms with E-state index in [0.717, 1.165) is 28.7 Å². The normalized spacial score (nSPS) is 12.2. The van der Waals surface area contributed by atoms with Gasteiger partial charge in [0.25, 0.3) is 11.8 Å². The van der Waals surface area contributed by atoms with Gasteiger partial charge in [0.1, 0.15) is 0 Å². The van der Waals surface area contributed by atoms with Crippen molar-refractivity contribution in [3.05, 3.63) is 106 Å². The number of rotatable bonds is 5. The van der Waals surface area contributed by atoms with Crippen LogP contribution in [0.25, 0.3) is 0 Å². The lowest BCUT2D eigenvalue weighted by molar-refractivity contribution is 0.0289. The van der Waals surface area contributed by atoms with E-state index in [-0.39, 0.29) is 23.3 Å². The number of hydrogen-bond acceptors (Lipinski definition) is 2. The molecule has 0 aliphatic carbocycles.